The van der Waals surface area contributed by atoms with E-state index in [1.165, 1.54) is 32.1 Å². The molecule has 0 spiro atoms. The van der Waals surface area contributed by atoms with E-state index in [9.17, 15) is 0 Å². The third-order valence-electron chi connectivity index (χ3n) is 2.80. The van der Waals surface area contributed by atoms with Gasteiger partial charge in [-0.2, -0.15) is 5.06 Å². The summed E-state index contributed by atoms with van der Waals surface area (Å²) in [7, 11) is 1.77. The van der Waals surface area contributed by atoms with Crippen LogP contribution in [0, 0.1) is 5.92 Å². The van der Waals surface area contributed by atoms with Crippen molar-refractivity contribution in [1.82, 2.24) is 5.06 Å². The predicted octanol–water partition coefficient (Wildman–Crippen LogP) is 2.45. The lowest BCUT2D eigenvalue weighted by atomic mass is 9.92. The standard InChI is InChI=1S/C10H21NO/c1-3-4-5-10-6-8-11(12-2)9-7-10/h10H,3-9H2,1-2H3. The minimum absolute atomic E-state index is 0.969. The Morgan fingerprint density at radius 2 is 2.00 bits per heavy atom. The molecule has 1 saturated heterocycles. The summed E-state index contributed by atoms with van der Waals surface area (Å²) in [6, 6.07) is 0. The largest absolute Gasteiger partial charge is 0.302 e. The minimum Gasteiger partial charge on any atom is -0.302 e. The number of hydrogen-bond donors (Lipinski definition) is 0. The Balaban J connectivity index is 2.09. The van der Waals surface area contributed by atoms with Crippen molar-refractivity contribution in [1.29, 1.82) is 0 Å². The van der Waals surface area contributed by atoms with Crippen molar-refractivity contribution in [2.45, 2.75) is 39.0 Å². The molecular formula is C10H21NO. The molecule has 1 fully saturated rings. The highest BCUT2D eigenvalue weighted by Crippen LogP contribution is 2.22. The first-order valence-electron chi connectivity index (χ1n) is 5.16. The molecule has 0 bridgehead atoms. The summed E-state index contributed by atoms with van der Waals surface area (Å²) in [5.41, 5.74) is 0. The summed E-state index contributed by atoms with van der Waals surface area (Å²) in [6.45, 7) is 4.53. The van der Waals surface area contributed by atoms with E-state index in [-0.39, 0.29) is 0 Å². The molecule has 0 unspecified atom stereocenters. The van der Waals surface area contributed by atoms with Crippen molar-refractivity contribution < 1.29 is 4.84 Å². The zero-order valence-corrected chi connectivity index (χ0v) is 8.38. The summed E-state index contributed by atoms with van der Waals surface area (Å²) in [5, 5.41) is 2.07. The van der Waals surface area contributed by atoms with Gasteiger partial charge in [0.1, 0.15) is 0 Å². The van der Waals surface area contributed by atoms with Gasteiger partial charge in [0.2, 0.25) is 0 Å². The maximum Gasteiger partial charge on any atom is 0.0575 e. The highest BCUT2D eigenvalue weighted by atomic mass is 16.7. The van der Waals surface area contributed by atoms with Crippen LogP contribution in [0.5, 0.6) is 0 Å². The highest BCUT2D eigenvalue weighted by molar-refractivity contribution is 4.67. The second-order valence-electron chi connectivity index (χ2n) is 3.70. The summed E-state index contributed by atoms with van der Waals surface area (Å²) in [5.74, 6) is 0.969. The molecule has 0 aliphatic carbocycles. The van der Waals surface area contributed by atoms with E-state index in [1.807, 2.05) is 0 Å². The summed E-state index contributed by atoms with van der Waals surface area (Å²) < 4.78 is 0. The molecule has 0 aromatic rings. The Morgan fingerprint density at radius 3 is 2.50 bits per heavy atom. The van der Waals surface area contributed by atoms with Gasteiger partial charge in [-0.1, -0.05) is 26.2 Å². The molecule has 0 radical (unpaired) electrons. The molecule has 72 valence electrons. The smallest absolute Gasteiger partial charge is 0.0575 e. The average Bonchev–Trinajstić information content (AvgIpc) is 2.15. The van der Waals surface area contributed by atoms with Gasteiger partial charge in [-0.15, -0.1) is 0 Å². The molecule has 0 aromatic heterocycles. The Morgan fingerprint density at radius 1 is 1.33 bits per heavy atom. The topological polar surface area (TPSA) is 12.5 Å². The summed E-state index contributed by atoms with van der Waals surface area (Å²) >= 11 is 0. The van der Waals surface area contributed by atoms with Crippen LogP contribution < -0.4 is 0 Å². The zero-order chi connectivity index (χ0) is 8.81. The summed E-state index contributed by atoms with van der Waals surface area (Å²) in [4.78, 5) is 5.18. The molecule has 0 aromatic carbocycles. The van der Waals surface area contributed by atoms with Crippen molar-refractivity contribution in [3.05, 3.63) is 0 Å². The van der Waals surface area contributed by atoms with E-state index < -0.39 is 0 Å². The van der Waals surface area contributed by atoms with Gasteiger partial charge in [0.25, 0.3) is 0 Å². The lowest BCUT2D eigenvalue weighted by Crippen LogP contribution is -2.32. The van der Waals surface area contributed by atoms with Crippen LogP contribution in [0.1, 0.15) is 39.0 Å². The Kier molecular flexibility index (Phi) is 4.62. The molecule has 0 saturated carbocycles. The SMILES string of the molecule is CCCCC1CCN(OC)CC1. The second kappa shape index (κ2) is 5.55. The second-order valence-corrected chi connectivity index (χ2v) is 3.70. The fraction of sp³-hybridized carbons (Fsp3) is 1.00. The van der Waals surface area contributed by atoms with E-state index in [0.717, 1.165) is 19.0 Å². The van der Waals surface area contributed by atoms with E-state index in [0.29, 0.717) is 0 Å². The lowest BCUT2D eigenvalue weighted by molar-refractivity contribution is -0.148. The first-order valence-corrected chi connectivity index (χ1v) is 5.16. The van der Waals surface area contributed by atoms with Crippen LogP contribution in [0.25, 0.3) is 0 Å². The maximum absolute atomic E-state index is 5.18. The molecule has 1 aliphatic rings. The zero-order valence-electron chi connectivity index (χ0n) is 8.38. The number of hydrogen-bond acceptors (Lipinski definition) is 2. The predicted molar refractivity (Wildman–Crippen MR) is 50.8 cm³/mol. The Bertz CT molecular complexity index is 108. The molecular weight excluding hydrogens is 150 g/mol. The van der Waals surface area contributed by atoms with Gasteiger partial charge < -0.3 is 4.84 Å². The number of hydroxylamine groups is 2. The fourth-order valence-electron chi connectivity index (χ4n) is 1.87. The van der Waals surface area contributed by atoms with Crippen LogP contribution in [0.15, 0.2) is 0 Å². The van der Waals surface area contributed by atoms with E-state index in [1.54, 1.807) is 7.11 Å². The van der Waals surface area contributed by atoms with Gasteiger partial charge in [-0.3, -0.25) is 0 Å². The van der Waals surface area contributed by atoms with Gasteiger partial charge in [0.15, 0.2) is 0 Å². The van der Waals surface area contributed by atoms with Crippen molar-refractivity contribution in [2.24, 2.45) is 5.92 Å². The molecule has 0 amide bonds. The first kappa shape index (κ1) is 10.0. The van der Waals surface area contributed by atoms with Crippen molar-refractivity contribution >= 4 is 0 Å². The first-order chi connectivity index (χ1) is 5.86. The Hall–Kier alpha value is -0.0800. The van der Waals surface area contributed by atoms with Crippen molar-refractivity contribution in [3.63, 3.8) is 0 Å². The molecule has 12 heavy (non-hydrogen) atoms. The molecule has 1 rings (SSSR count). The van der Waals surface area contributed by atoms with E-state index >= 15 is 0 Å². The quantitative estimate of drug-likeness (QED) is 0.644. The third-order valence-corrected chi connectivity index (χ3v) is 2.80. The molecule has 2 nitrogen and oxygen atoms in total. The molecule has 2 heteroatoms. The van der Waals surface area contributed by atoms with Crippen molar-refractivity contribution in [3.8, 4) is 0 Å². The number of nitrogens with zero attached hydrogens (tertiary/aromatic N) is 1. The lowest BCUT2D eigenvalue weighted by Gasteiger charge is -2.29. The monoisotopic (exact) mass is 171 g/mol. The maximum atomic E-state index is 5.18. The molecule has 1 heterocycles. The highest BCUT2D eigenvalue weighted by Gasteiger charge is 2.17. The van der Waals surface area contributed by atoms with Gasteiger partial charge in [-0.25, -0.2) is 0 Å². The van der Waals surface area contributed by atoms with Gasteiger partial charge in [0, 0.05) is 13.1 Å². The minimum atomic E-state index is 0.969. The van der Waals surface area contributed by atoms with Crippen LogP contribution in [0.4, 0.5) is 0 Å². The number of unbranched alkanes of at least 4 members (excludes halogenated alkanes) is 1. The third kappa shape index (κ3) is 3.11. The molecule has 0 atom stereocenters. The fourth-order valence-corrected chi connectivity index (χ4v) is 1.87. The molecule has 1 aliphatic heterocycles. The van der Waals surface area contributed by atoms with Crippen LogP contribution in [-0.4, -0.2) is 25.3 Å². The normalized spacial score (nSPS) is 21.5. The van der Waals surface area contributed by atoms with Crippen LogP contribution in [-0.2, 0) is 4.84 Å². The number of rotatable bonds is 4. The van der Waals surface area contributed by atoms with Gasteiger partial charge in [-0.05, 0) is 18.8 Å². The van der Waals surface area contributed by atoms with Crippen LogP contribution in [0.2, 0.25) is 0 Å². The van der Waals surface area contributed by atoms with Crippen LogP contribution >= 0.6 is 0 Å². The van der Waals surface area contributed by atoms with E-state index in [2.05, 4.69) is 12.0 Å². The summed E-state index contributed by atoms with van der Waals surface area (Å²) in [6.07, 6.45) is 6.82. The molecule has 0 N–H and O–H groups in total. The average molecular weight is 171 g/mol. The van der Waals surface area contributed by atoms with Crippen molar-refractivity contribution in [2.75, 3.05) is 20.2 Å². The Labute approximate surface area is 75.8 Å². The number of piperidine rings is 1. The van der Waals surface area contributed by atoms with E-state index in [4.69, 9.17) is 4.84 Å². The van der Waals surface area contributed by atoms with Crippen LogP contribution in [0.3, 0.4) is 0 Å². The van der Waals surface area contributed by atoms with Gasteiger partial charge in [0.05, 0.1) is 7.11 Å². The van der Waals surface area contributed by atoms with Gasteiger partial charge >= 0.3 is 0 Å².